The van der Waals surface area contributed by atoms with Crippen molar-refractivity contribution >= 4 is 11.9 Å². The van der Waals surface area contributed by atoms with Crippen LogP contribution in [0.3, 0.4) is 0 Å². The number of hydrogen-bond donors (Lipinski definition) is 0. The maximum Gasteiger partial charge on any atom is 0.189 e. The number of allylic oxidation sites excluding steroid dienone is 1. The Bertz CT molecular complexity index is 988. The number of ketones is 1. The Morgan fingerprint density at radius 1 is 0.694 bits per heavy atom. The Balaban J connectivity index is 2.37. The third-order valence-corrected chi connectivity index (χ3v) is 4.93. The number of rotatable bonds is 15. The number of benzene rings is 2. The molecule has 0 aromatic heterocycles. The average Bonchev–Trinajstić information content (AvgIpc) is 2.82. The van der Waals surface area contributed by atoms with E-state index >= 15 is 0 Å². The van der Waals surface area contributed by atoms with Gasteiger partial charge >= 0.3 is 0 Å². The molecule has 36 heavy (non-hydrogen) atoms. The van der Waals surface area contributed by atoms with Gasteiger partial charge in [0.25, 0.3) is 0 Å². The Hall–Kier alpha value is -2.95. The molecule has 5 nitrogen and oxygen atoms in total. The molecule has 0 fully saturated rings. The summed E-state index contributed by atoms with van der Waals surface area (Å²) in [5.41, 5.74) is 1.27. The Morgan fingerprint density at radius 3 is 1.86 bits per heavy atom. The molecule has 0 unspecified atom stereocenters. The van der Waals surface area contributed by atoms with Crippen molar-refractivity contribution in [2.75, 3.05) is 26.4 Å². The van der Waals surface area contributed by atoms with Crippen molar-refractivity contribution < 1.29 is 23.7 Å². The Morgan fingerprint density at radius 2 is 1.25 bits per heavy atom. The van der Waals surface area contributed by atoms with Gasteiger partial charge in [-0.1, -0.05) is 61.5 Å². The molecule has 0 spiro atoms. The Kier molecular flexibility index (Phi) is 11.9. The van der Waals surface area contributed by atoms with E-state index in [9.17, 15) is 4.79 Å². The molecule has 0 aliphatic heterocycles. The Labute approximate surface area is 217 Å². The van der Waals surface area contributed by atoms with Gasteiger partial charge in [-0.15, -0.1) is 0 Å². The van der Waals surface area contributed by atoms with Crippen molar-refractivity contribution in [3.05, 3.63) is 53.6 Å². The molecule has 5 heteroatoms. The van der Waals surface area contributed by atoms with Gasteiger partial charge in [-0.25, -0.2) is 0 Å². The van der Waals surface area contributed by atoms with E-state index in [0.29, 0.717) is 67.2 Å². The van der Waals surface area contributed by atoms with Gasteiger partial charge in [0, 0.05) is 5.56 Å². The number of para-hydroxylation sites is 1. The van der Waals surface area contributed by atoms with Gasteiger partial charge in [-0.3, -0.25) is 4.79 Å². The second-order valence-corrected chi connectivity index (χ2v) is 10.8. The highest BCUT2D eigenvalue weighted by Gasteiger charge is 2.17. The van der Waals surface area contributed by atoms with Crippen molar-refractivity contribution in [3.8, 4) is 23.0 Å². The fraction of sp³-hybridized carbons (Fsp3) is 0.516. The highest BCUT2D eigenvalue weighted by atomic mass is 16.5. The van der Waals surface area contributed by atoms with Crippen LogP contribution in [0.15, 0.2) is 42.5 Å². The van der Waals surface area contributed by atoms with Crippen molar-refractivity contribution in [1.29, 1.82) is 0 Å². The highest BCUT2D eigenvalue weighted by Crippen LogP contribution is 2.33. The second-order valence-electron chi connectivity index (χ2n) is 10.8. The zero-order valence-electron chi connectivity index (χ0n) is 23.3. The number of ether oxygens (including phenoxy) is 4. The summed E-state index contributed by atoms with van der Waals surface area (Å²) in [7, 11) is 0. The van der Waals surface area contributed by atoms with Gasteiger partial charge in [-0.2, -0.15) is 0 Å². The first-order valence-electron chi connectivity index (χ1n) is 13.1. The molecule has 0 amide bonds. The van der Waals surface area contributed by atoms with Gasteiger partial charge < -0.3 is 18.9 Å². The van der Waals surface area contributed by atoms with Crippen molar-refractivity contribution in [2.45, 2.75) is 55.4 Å². The minimum absolute atomic E-state index is 0.160. The molecule has 198 valence electrons. The minimum Gasteiger partial charge on any atom is -0.493 e. The predicted octanol–water partition coefficient (Wildman–Crippen LogP) is 7.72. The van der Waals surface area contributed by atoms with Crippen LogP contribution in [-0.2, 0) is 0 Å². The molecule has 0 N–H and O–H groups in total. The maximum absolute atomic E-state index is 13.4. The fourth-order valence-electron chi connectivity index (χ4n) is 3.13. The molecule has 0 radical (unpaired) electrons. The van der Waals surface area contributed by atoms with Crippen LogP contribution >= 0.6 is 0 Å². The summed E-state index contributed by atoms with van der Waals surface area (Å²) in [5.74, 6) is 3.86. The fourth-order valence-corrected chi connectivity index (χ4v) is 3.13. The summed E-state index contributed by atoms with van der Waals surface area (Å²) in [6.07, 6.45) is 3.35. The molecule has 2 aromatic rings. The average molecular weight is 497 g/mol. The third-order valence-electron chi connectivity index (χ3n) is 4.93. The lowest BCUT2D eigenvalue weighted by Crippen LogP contribution is -2.11. The van der Waals surface area contributed by atoms with E-state index in [-0.39, 0.29) is 5.78 Å². The molecule has 2 rings (SSSR count). The molecule has 0 bridgehead atoms. The topological polar surface area (TPSA) is 54.0 Å². The maximum atomic E-state index is 13.4. The van der Waals surface area contributed by atoms with E-state index in [1.807, 2.05) is 30.3 Å². The minimum atomic E-state index is -0.160. The van der Waals surface area contributed by atoms with E-state index in [4.69, 9.17) is 18.9 Å². The van der Waals surface area contributed by atoms with Crippen LogP contribution in [0, 0.1) is 23.7 Å². The zero-order chi connectivity index (χ0) is 26.7. The van der Waals surface area contributed by atoms with Crippen molar-refractivity contribution in [2.24, 2.45) is 23.7 Å². The van der Waals surface area contributed by atoms with Crippen molar-refractivity contribution in [3.63, 3.8) is 0 Å². The summed E-state index contributed by atoms with van der Waals surface area (Å²) in [6, 6.07) is 11.2. The summed E-state index contributed by atoms with van der Waals surface area (Å²) < 4.78 is 24.0. The lowest BCUT2D eigenvalue weighted by atomic mass is 10.1. The van der Waals surface area contributed by atoms with Crippen LogP contribution in [0.25, 0.3) is 6.08 Å². The van der Waals surface area contributed by atoms with Gasteiger partial charge in [0.1, 0.15) is 11.5 Å². The van der Waals surface area contributed by atoms with Crippen molar-refractivity contribution in [1.82, 2.24) is 0 Å². The lowest BCUT2D eigenvalue weighted by Gasteiger charge is -2.17. The van der Waals surface area contributed by atoms with E-state index in [2.05, 4.69) is 55.4 Å². The summed E-state index contributed by atoms with van der Waals surface area (Å²) in [6.45, 7) is 19.0. The van der Waals surface area contributed by atoms with E-state index < -0.39 is 0 Å². The van der Waals surface area contributed by atoms with Crippen LogP contribution in [0.2, 0.25) is 0 Å². The molecular weight excluding hydrogens is 452 g/mol. The normalized spacial score (nSPS) is 11.7. The molecule has 0 heterocycles. The quantitative estimate of drug-likeness (QED) is 0.187. The van der Waals surface area contributed by atoms with Crippen LogP contribution in [0.5, 0.6) is 23.0 Å². The van der Waals surface area contributed by atoms with Gasteiger partial charge in [-0.05, 0) is 66.2 Å². The van der Waals surface area contributed by atoms with Crippen LogP contribution < -0.4 is 18.9 Å². The van der Waals surface area contributed by atoms with Crippen LogP contribution in [0.1, 0.15) is 71.3 Å². The van der Waals surface area contributed by atoms with Gasteiger partial charge in [0.05, 0.1) is 32.0 Å². The first kappa shape index (κ1) is 29.3. The molecule has 0 aliphatic carbocycles. The number of hydrogen-bond acceptors (Lipinski definition) is 5. The smallest absolute Gasteiger partial charge is 0.189 e. The highest BCUT2D eigenvalue weighted by molar-refractivity contribution is 6.09. The van der Waals surface area contributed by atoms with Gasteiger partial charge in [0.15, 0.2) is 17.3 Å². The van der Waals surface area contributed by atoms with E-state index in [1.54, 1.807) is 18.2 Å². The second kappa shape index (κ2) is 14.6. The molecule has 0 atom stereocenters. The molecule has 0 saturated carbocycles. The van der Waals surface area contributed by atoms with Crippen LogP contribution in [-0.4, -0.2) is 32.2 Å². The first-order valence-corrected chi connectivity index (χ1v) is 13.1. The summed E-state index contributed by atoms with van der Waals surface area (Å²) >= 11 is 0. The zero-order valence-corrected chi connectivity index (χ0v) is 23.3. The summed E-state index contributed by atoms with van der Waals surface area (Å²) in [5, 5.41) is 0. The SMILES string of the molecule is CC(C)COc1ccc(OCC(C)C)c(C=CC(=O)c2cccc(OCC(C)C)c2OCC(C)C)c1. The number of carbonyl (C=O) groups is 1. The predicted molar refractivity (Wildman–Crippen MR) is 148 cm³/mol. The number of carbonyl (C=O) groups excluding carboxylic acids is 1. The molecule has 2 aromatic carbocycles. The largest absolute Gasteiger partial charge is 0.493 e. The van der Waals surface area contributed by atoms with E-state index in [1.165, 1.54) is 0 Å². The first-order chi connectivity index (χ1) is 17.1. The molecule has 0 saturated heterocycles. The third kappa shape index (κ3) is 9.96. The van der Waals surface area contributed by atoms with Crippen LogP contribution in [0.4, 0.5) is 0 Å². The van der Waals surface area contributed by atoms with E-state index in [0.717, 1.165) is 17.1 Å². The molecular formula is C31H44O5. The molecule has 0 aliphatic rings. The monoisotopic (exact) mass is 496 g/mol. The standard InChI is InChI=1S/C31H44O5/c1-21(2)17-33-26-13-15-29(34-18-22(3)4)25(16-26)12-14-28(32)27-10-9-11-30(35-19-23(5)6)31(27)36-20-24(7)8/h9-16,21-24H,17-20H2,1-8H3. The lowest BCUT2D eigenvalue weighted by molar-refractivity contribution is 0.104. The summed E-state index contributed by atoms with van der Waals surface area (Å²) in [4.78, 5) is 13.4. The van der Waals surface area contributed by atoms with Gasteiger partial charge in [0.2, 0.25) is 0 Å².